The second kappa shape index (κ2) is 5.01. The SMILES string of the molecule is Cc1[nH]ncc1-c1csc(Nc2c(F)cccc2F)n1. The number of nitrogens with one attached hydrogen (secondary N) is 2. The molecule has 0 saturated heterocycles. The first kappa shape index (κ1) is 12.7. The molecular formula is C13H10F2N4S. The molecule has 0 aliphatic rings. The molecule has 102 valence electrons. The Hall–Kier alpha value is -2.28. The van der Waals surface area contributed by atoms with Crippen LogP contribution in [0.5, 0.6) is 0 Å². The number of aromatic amines is 1. The molecule has 0 spiro atoms. The molecule has 0 amide bonds. The monoisotopic (exact) mass is 292 g/mol. The van der Waals surface area contributed by atoms with Gasteiger partial charge < -0.3 is 5.32 Å². The molecule has 2 N–H and O–H groups in total. The average Bonchev–Trinajstić information content (AvgIpc) is 3.02. The van der Waals surface area contributed by atoms with E-state index in [2.05, 4.69) is 20.5 Å². The zero-order chi connectivity index (χ0) is 14.1. The number of hydrogen-bond acceptors (Lipinski definition) is 4. The Bertz CT molecular complexity index is 730. The van der Waals surface area contributed by atoms with E-state index in [0.717, 1.165) is 11.3 Å². The van der Waals surface area contributed by atoms with Crippen LogP contribution in [0.25, 0.3) is 11.3 Å². The lowest BCUT2D eigenvalue weighted by Crippen LogP contribution is -1.96. The van der Waals surface area contributed by atoms with Gasteiger partial charge in [0.05, 0.1) is 11.9 Å². The first-order chi connectivity index (χ1) is 9.65. The second-order valence-corrected chi connectivity index (χ2v) is 5.03. The molecular weight excluding hydrogens is 282 g/mol. The molecule has 0 radical (unpaired) electrons. The summed E-state index contributed by atoms with van der Waals surface area (Å²) in [5.41, 5.74) is 2.26. The maximum Gasteiger partial charge on any atom is 0.187 e. The summed E-state index contributed by atoms with van der Waals surface area (Å²) in [4.78, 5) is 4.31. The molecule has 0 fully saturated rings. The van der Waals surface area contributed by atoms with Crippen molar-refractivity contribution in [1.29, 1.82) is 0 Å². The fourth-order valence-electron chi connectivity index (χ4n) is 1.79. The van der Waals surface area contributed by atoms with Gasteiger partial charge in [0.15, 0.2) is 5.13 Å². The highest BCUT2D eigenvalue weighted by Crippen LogP contribution is 2.29. The number of benzene rings is 1. The highest BCUT2D eigenvalue weighted by Gasteiger charge is 2.12. The van der Waals surface area contributed by atoms with E-state index in [-0.39, 0.29) is 5.69 Å². The van der Waals surface area contributed by atoms with E-state index in [0.29, 0.717) is 10.8 Å². The fourth-order valence-corrected chi connectivity index (χ4v) is 2.50. The van der Waals surface area contributed by atoms with E-state index in [1.54, 1.807) is 11.6 Å². The average molecular weight is 292 g/mol. The van der Waals surface area contributed by atoms with Gasteiger partial charge in [-0.1, -0.05) is 6.07 Å². The van der Waals surface area contributed by atoms with Gasteiger partial charge in [0.1, 0.15) is 17.3 Å². The quantitative estimate of drug-likeness (QED) is 0.770. The van der Waals surface area contributed by atoms with Crippen molar-refractivity contribution in [1.82, 2.24) is 15.2 Å². The molecule has 0 aliphatic heterocycles. The number of para-hydroxylation sites is 1. The minimum Gasteiger partial charge on any atom is -0.327 e. The molecule has 0 saturated carbocycles. The summed E-state index contributed by atoms with van der Waals surface area (Å²) in [5.74, 6) is -1.30. The zero-order valence-corrected chi connectivity index (χ0v) is 11.3. The molecule has 3 aromatic rings. The first-order valence-electron chi connectivity index (χ1n) is 5.82. The summed E-state index contributed by atoms with van der Waals surface area (Å²) < 4.78 is 27.1. The van der Waals surface area contributed by atoms with Crippen LogP contribution in [0.15, 0.2) is 29.8 Å². The van der Waals surface area contributed by atoms with E-state index in [1.165, 1.54) is 29.5 Å². The lowest BCUT2D eigenvalue weighted by atomic mass is 10.2. The van der Waals surface area contributed by atoms with E-state index < -0.39 is 11.6 Å². The summed E-state index contributed by atoms with van der Waals surface area (Å²) in [6.45, 7) is 1.88. The van der Waals surface area contributed by atoms with Crippen LogP contribution >= 0.6 is 11.3 Å². The Morgan fingerprint density at radius 1 is 1.25 bits per heavy atom. The number of halogens is 2. The van der Waals surface area contributed by atoms with Crippen LogP contribution in [0.4, 0.5) is 19.6 Å². The van der Waals surface area contributed by atoms with Gasteiger partial charge in [-0.15, -0.1) is 11.3 Å². The summed E-state index contributed by atoms with van der Waals surface area (Å²) in [7, 11) is 0. The molecule has 0 unspecified atom stereocenters. The highest BCUT2D eigenvalue weighted by molar-refractivity contribution is 7.14. The minimum absolute atomic E-state index is 0.197. The van der Waals surface area contributed by atoms with Crippen molar-refractivity contribution in [3.8, 4) is 11.3 Å². The van der Waals surface area contributed by atoms with Gasteiger partial charge in [-0.05, 0) is 19.1 Å². The Kier molecular flexibility index (Phi) is 3.19. The van der Waals surface area contributed by atoms with E-state index >= 15 is 0 Å². The van der Waals surface area contributed by atoms with Crippen LogP contribution in [0.3, 0.4) is 0 Å². The normalized spacial score (nSPS) is 10.8. The van der Waals surface area contributed by atoms with Crippen molar-refractivity contribution in [3.05, 3.63) is 47.1 Å². The second-order valence-electron chi connectivity index (χ2n) is 4.17. The maximum absolute atomic E-state index is 13.5. The van der Waals surface area contributed by atoms with Crippen LogP contribution < -0.4 is 5.32 Å². The molecule has 1 aromatic carbocycles. The summed E-state index contributed by atoms with van der Waals surface area (Å²) in [6.07, 6.45) is 1.66. The third-order valence-electron chi connectivity index (χ3n) is 2.80. The van der Waals surface area contributed by atoms with Gasteiger partial charge in [0.25, 0.3) is 0 Å². The van der Waals surface area contributed by atoms with Crippen LogP contribution in [-0.4, -0.2) is 15.2 Å². The molecule has 3 rings (SSSR count). The molecule has 2 heterocycles. The lowest BCUT2D eigenvalue weighted by molar-refractivity contribution is 0.591. The number of rotatable bonds is 3. The number of hydrogen-bond donors (Lipinski definition) is 2. The molecule has 0 aliphatic carbocycles. The van der Waals surface area contributed by atoms with Gasteiger partial charge in [-0.3, -0.25) is 5.10 Å². The zero-order valence-electron chi connectivity index (χ0n) is 10.4. The summed E-state index contributed by atoms with van der Waals surface area (Å²) >= 11 is 1.27. The molecule has 0 bridgehead atoms. The van der Waals surface area contributed by atoms with Crippen molar-refractivity contribution in [2.24, 2.45) is 0 Å². The smallest absolute Gasteiger partial charge is 0.187 e. The predicted molar refractivity (Wildman–Crippen MR) is 74.1 cm³/mol. The van der Waals surface area contributed by atoms with Crippen LogP contribution in [0, 0.1) is 18.6 Å². The van der Waals surface area contributed by atoms with Gasteiger partial charge in [-0.25, -0.2) is 13.8 Å². The van der Waals surface area contributed by atoms with Crippen LogP contribution in [0.2, 0.25) is 0 Å². The van der Waals surface area contributed by atoms with Gasteiger partial charge >= 0.3 is 0 Å². The largest absolute Gasteiger partial charge is 0.327 e. The van der Waals surface area contributed by atoms with Crippen molar-refractivity contribution in [2.75, 3.05) is 5.32 Å². The molecule has 2 aromatic heterocycles. The number of aromatic nitrogens is 3. The third-order valence-corrected chi connectivity index (χ3v) is 3.56. The van der Waals surface area contributed by atoms with E-state index in [4.69, 9.17) is 0 Å². The van der Waals surface area contributed by atoms with Gasteiger partial charge in [-0.2, -0.15) is 5.10 Å². The van der Waals surface area contributed by atoms with Crippen molar-refractivity contribution >= 4 is 22.2 Å². The lowest BCUT2D eigenvalue weighted by Gasteiger charge is -2.04. The number of anilines is 2. The number of aryl methyl sites for hydroxylation is 1. The summed E-state index contributed by atoms with van der Waals surface area (Å²) in [5, 5.41) is 11.6. The Morgan fingerprint density at radius 2 is 2.00 bits per heavy atom. The third kappa shape index (κ3) is 2.27. The molecule has 4 nitrogen and oxygen atoms in total. The molecule has 7 heteroatoms. The number of thiazole rings is 1. The van der Waals surface area contributed by atoms with Crippen LogP contribution in [0.1, 0.15) is 5.69 Å². The van der Waals surface area contributed by atoms with Crippen molar-refractivity contribution in [2.45, 2.75) is 6.92 Å². The first-order valence-corrected chi connectivity index (χ1v) is 6.70. The number of nitrogens with zero attached hydrogens (tertiary/aromatic N) is 2. The predicted octanol–water partition coefficient (Wildman–Crippen LogP) is 3.86. The van der Waals surface area contributed by atoms with Crippen molar-refractivity contribution in [3.63, 3.8) is 0 Å². The Balaban J connectivity index is 1.90. The topological polar surface area (TPSA) is 53.6 Å². The number of H-pyrrole nitrogens is 1. The van der Waals surface area contributed by atoms with Gasteiger partial charge in [0, 0.05) is 16.6 Å². The molecule has 20 heavy (non-hydrogen) atoms. The summed E-state index contributed by atoms with van der Waals surface area (Å²) in [6, 6.07) is 3.71. The maximum atomic E-state index is 13.5. The Morgan fingerprint density at radius 3 is 2.65 bits per heavy atom. The van der Waals surface area contributed by atoms with Crippen LogP contribution in [-0.2, 0) is 0 Å². The Labute approximate surface area is 117 Å². The minimum atomic E-state index is -0.652. The van der Waals surface area contributed by atoms with Gasteiger partial charge in [0.2, 0.25) is 0 Å². The van der Waals surface area contributed by atoms with E-state index in [9.17, 15) is 8.78 Å². The van der Waals surface area contributed by atoms with Crippen molar-refractivity contribution < 1.29 is 8.78 Å². The highest BCUT2D eigenvalue weighted by atomic mass is 32.1. The van der Waals surface area contributed by atoms with E-state index in [1.807, 2.05) is 6.92 Å². The molecule has 0 atom stereocenters. The fraction of sp³-hybridized carbons (Fsp3) is 0.0769. The standard InChI is InChI=1S/C13H10F2N4S/c1-7-8(5-16-19-7)11-6-20-13(17-11)18-12-9(14)3-2-4-10(12)15/h2-6H,1H3,(H,16,19)(H,17,18).